The molecule has 0 aromatic rings. The van der Waals surface area contributed by atoms with Crippen molar-refractivity contribution < 1.29 is 18.4 Å². The second kappa shape index (κ2) is 7.37. The lowest BCUT2D eigenvalue weighted by Crippen LogP contribution is -2.40. The molecule has 0 N–H and O–H groups in total. The SMILES string of the molecule is C=C(C)C(=O)OCCC(O[Si](C)(C)C)O[Si](C)(C)C. The van der Waals surface area contributed by atoms with Crippen LogP contribution in [0.15, 0.2) is 12.2 Å². The minimum Gasteiger partial charge on any atom is -0.462 e. The van der Waals surface area contributed by atoms with E-state index >= 15 is 0 Å². The first-order valence-corrected chi connectivity index (χ1v) is 13.4. The van der Waals surface area contributed by atoms with E-state index in [1.165, 1.54) is 0 Å². The van der Waals surface area contributed by atoms with Crippen LogP contribution in [0.25, 0.3) is 0 Å². The zero-order valence-corrected chi connectivity index (χ0v) is 15.3. The highest BCUT2D eigenvalue weighted by Gasteiger charge is 2.27. The van der Waals surface area contributed by atoms with Gasteiger partial charge in [-0.1, -0.05) is 6.58 Å². The number of hydrogen-bond acceptors (Lipinski definition) is 4. The number of carbonyl (C=O) groups excluding carboxylic acids is 1. The molecule has 0 fully saturated rings. The highest BCUT2D eigenvalue weighted by molar-refractivity contribution is 6.70. The molecule has 0 radical (unpaired) electrons. The molecule has 0 rings (SSSR count). The fourth-order valence-electron chi connectivity index (χ4n) is 1.30. The van der Waals surface area contributed by atoms with Crippen LogP contribution in [0.3, 0.4) is 0 Å². The molecule has 0 saturated heterocycles. The van der Waals surface area contributed by atoms with Crippen LogP contribution >= 0.6 is 0 Å². The van der Waals surface area contributed by atoms with Gasteiger partial charge in [0.25, 0.3) is 0 Å². The van der Waals surface area contributed by atoms with Gasteiger partial charge in [0.1, 0.15) is 6.29 Å². The van der Waals surface area contributed by atoms with E-state index in [2.05, 4.69) is 45.9 Å². The Kier molecular flexibility index (Phi) is 7.20. The monoisotopic (exact) mass is 304 g/mol. The van der Waals surface area contributed by atoms with Gasteiger partial charge in [0.15, 0.2) is 16.6 Å². The Labute approximate surface area is 119 Å². The Morgan fingerprint density at radius 1 is 1.05 bits per heavy atom. The quantitative estimate of drug-likeness (QED) is 0.298. The van der Waals surface area contributed by atoms with Crippen LogP contribution in [-0.4, -0.2) is 35.5 Å². The lowest BCUT2D eigenvalue weighted by atomic mass is 10.3. The van der Waals surface area contributed by atoms with Crippen molar-refractivity contribution in [2.45, 2.75) is 58.9 Å². The lowest BCUT2D eigenvalue weighted by molar-refractivity contribution is -0.140. The topological polar surface area (TPSA) is 44.8 Å². The molecule has 6 heteroatoms. The van der Waals surface area contributed by atoms with Crippen LogP contribution < -0.4 is 0 Å². The van der Waals surface area contributed by atoms with Crippen LogP contribution in [0.5, 0.6) is 0 Å². The third-order valence-corrected chi connectivity index (χ3v) is 3.85. The minimum atomic E-state index is -1.68. The molecule has 0 bridgehead atoms. The van der Waals surface area contributed by atoms with Gasteiger partial charge in [0.2, 0.25) is 0 Å². The first-order chi connectivity index (χ1) is 8.41. The summed E-state index contributed by atoms with van der Waals surface area (Å²) in [6.45, 7) is 18.2. The van der Waals surface area contributed by atoms with Crippen molar-refractivity contribution in [1.82, 2.24) is 0 Å². The maximum atomic E-state index is 11.3. The van der Waals surface area contributed by atoms with Crippen molar-refractivity contribution >= 4 is 22.6 Å². The molecule has 0 heterocycles. The Morgan fingerprint density at radius 2 is 1.47 bits per heavy atom. The molecule has 0 unspecified atom stereocenters. The van der Waals surface area contributed by atoms with Crippen LogP contribution in [-0.2, 0) is 18.4 Å². The molecule has 0 spiro atoms. The summed E-state index contributed by atoms with van der Waals surface area (Å²) >= 11 is 0. The summed E-state index contributed by atoms with van der Waals surface area (Å²) in [6, 6.07) is 0. The summed E-state index contributed by atoms with van der Waals surface area (Å²) in [7, 11) is -3.36. The summed E-state index contributed by atoms with van der Waals surface area (Å²) in [5, 5.41) is 0. The first kappa shape index (κ1) is 18.6. The second-order valence-corrected chi connectivity index (χ2v) is 15.5. The number of ether oxygens (including phenoxy) is 1. The molecule has 0 aromatic carbocycles. The molecule has 19 heavy (non-hydrogen) atoms. The third-order valence-electron chi connectivity index (χ3n) is 1.91. The van der Waals surface area contributed by atoms with Crippen molar-refractivity contribution in [2.24, 2.45) is 0 Å². The number of carbonyl (C=O) groups is 1. The van der Waals surface area contributed by atoms with E-state index in [0.29, 0.717) is 18.6 Å². The van der Waals surface area contributed by atoms with Gasteiger partial charge < -0.3 is 13.6 Å². The zero-order chi connectivity index (χ0) is 15.3. The summed E-state index contributed by atoms with van der Waals surface area (Å²) in [4.78, 5) is 11.3. The Bertz CT molecular complexity index is 300. The van der Waals surface area contributed by atoms with E-state index in [1.807, 2.05) is 0 Å². The number of rotatable bonds is 8. The maximum Gasteiger partial charge on any atom is 0.333 e. The van der Waals surface area contributed by atoms with Crippen molar-refractivity contribution in [2.75, 3.05) is 6.61 Å². The fraction of sp³-hybridized carbons (Fsp3) is 0.769. The van der Waals surface area contributed by atoms with Gasteiger partial charge in [0, 0.05) is 12.0 Å². The summed E-state index contributed by atoms with van der Waals surface area (Å²) in [5.74, 6) is -0.361. The fourth-order valence-corrected chi connectivity index (χ4v) is 3.31. The van der Waals surface area contributed by atoms with Crippen LogP contribution in [0, 0.1) is 0 Å². The highest BCUT2D eigenvalue weighted by Crippen LogP contribution is 2.16. The van der Waals surface area contributed by atoms with Gasteiger partial charge in [-0.25, -0.2) is 4.79 Å². The largest absolute Gasteiger partial charge is 0.462 e. The predicted octanol–water partition coefficient (Wildman–Crippen LogP) is 3.52. The van der Waals surface area contributed by atoms with Gasteiger partial charge in [0.05, 0.1) is 6.61 Å². The third kappa shape index (κ3) is 11.1. The highest BCUT2D eigenvalue weighted by atomic mass is 28.4. The molecule has 0 saturated carbocycles. The first-order valence-electron chi connectivity index (χ1n) is 6.59. The van der Waals surface area contributed by atoms with Gasteiger partial charge in [-0.15, -0.1) is 0 Å². The minimum absolute atomic E-state index is 0.281. The molecule has 112 valence electrons. The smallest absolute Gasteiger partial charge is 0.333 e. The van der Waals surface area contributed by atoms with Crippen LogP contribution in [0.1, 0.15) is 13.3 Å². The van der Waals surface area contributed by atoms with Gasteiger partial charge >= 0.3 is 5.97 Å². The van der Waals surface area contributed by atoms with Crippen molar-refractivity contribution in [3.63, 3.8) is 0 Å². The summed E-state index contributed by atoms with van der Waals surface area (Å²) in [6.07, 6.45) is 0.282. The molecule has 0 aliphatic rings. The average molecular weight is 305 g/mol. The lowest BCUT2D eigenvalue weighted by Gasteiger charge is -2.31. The number of esters is 1. The summed E-state index contributed by atoms with van der Waals surface area (Å²) in [5.41, 5.74) is 0.411. The molecule has 4 nitrogen and oxygen atoms in total. The van der Waals surface area contributed by atoms with E-state index in [1.54, 1.807) is 6.92 Å². The molecular weight excluding hydrogens is 276 g/mol. The summed E-state index contributed by atoms with van der Waals surface area (Å²) < 4.78 is 17.1. The van der Waals surface area contributed by atoms with E-state index in [0.717, 1.165) is 0 Å². The van der Waals surface area contributed by atoms with Crippen molar-refractivity contribution in [1.29, 1.82) is 0 Å². The average Bonchev–Trinajstić information content (AvgIpc) is 2.11. The molecule has 0 aliphatic heterocycles. The van der Waals surface area contributed by atoms with Crippen molar-refractivity contribution in [3.05, 3.63) is 12.2 Å². The van der Waals surface area contributed by atoms with Gasteiger partial charge in [-0.3, -0.25) is 0 Å². The predicted molar refractivity (Wildman–Crippen MR) is 83.0 cm³/mol. The molecule has 0 aliphatic carbocycles. The second-order valence-electron chi connectivity index (χ2n) is 6.59. The van der Waals surface area contributed by atoms with Gasteiger partial charge in [-0.2, -0.15) is 0 Å². The molecular formula is C13H28O4Si2. The van der Waals surface area contributed by atoms with E-state index in [-0.39, 0.29) is 12.3 Å². The standard InChI is InChI=1S/C13H28O4Si2/c1-11(2)13(14)15-10-9-12(16-18(3,4)5)17-19(6,7)8/h12H,1,9-10H2,2-8H3. The Morgan fingerprint density at radius 3 is 1.79 bits per heavy atom. The Hall–Kier alpha value is -0.436. The number of hydrogen-bond donors (Lipinski definition) is 0. The molecule has 0 amide bonds. The molecule has 0 atom stereocenters. The van der Waals surface area contributed by atoms with Crippen LogP contribution in [0.4, 0.5) is 0 Å². The molecule has 0 aromatic heterocycles. The zero-order valence-electron chi connectivity index (χ0n) is 13.3. The normalized spacial score (nSPS) is 12.6. The van der Waals surface area contributed by atoms with E-state index in [9.17, 15) is 4.79 Å². The van der Waals surface area contributed by atoms with E-state index < -0.39 is 16.6 Å². The van der Waals surface area contributed by atoms with E-state index in [4.69, 9.17) is 13.6 Å². The maximum absolute atomic E-state index is 11.3. The Balaban J connectivity index is 4.35. The van der Waals surface area contributed by atoms with Gasteiger partial charge in [-0.05, 0) is 46.2 Å². The van der Waals surface area contributed by atoms with Crippen LogP contribution in [0.2, 0.25) is 39.3 Å². The van der Waals surface area contributed by atoms with Crippen molar-refractivity contribution in [3.8, 4) is 0 Å².